The summed E-state index contributed by atoms with van der Waals surface area (Å²) in [6.45, 7) is 1.34. The van der Waals surface area contributed by atoms with E-state index in [2.05, 4.69) is 4.65 Å². The number of hydrogen-bond acceptors (Lipinski definition) is 3. The smallest absolute Gasteiger partial charge is 0.325 e. The van der Waals surface area contributed by atoms with Gasteiger partial charge in [-0.2, -0.15) is 0 Å². The quantitative estimate of drug-likeness (QED) is 0.404. The molecule has 0 saturated carbocycles. The molecule has 5 heteroatoms. The summed E-state index contributed by atoms with van der Waals surface area (Å²) in [7, 11) is 1.26. The number of rotatable bonds is 2. The van der Waals surface area contributed by atoms with Crippen molar-refractivity contribution in [3.8, 4) is 0 Å². The first-order valence-electron chi connectivity index (χ1n) is 2.23. The average molecular weight is 177 g/mol. The van der Waals surface area contributed by atoms with Gasteiger partial charge in [0.25, 0.3) is 5.97 Å². The van der Waals surface area contributed by atoms with Crippen molar-refractivity contribution in [1.82, 2.24) is 0 Å². The van der Waals surface area contributed by atoms with Gasteiger partial charge in [-0.1, -0.05) is 0 Å². The van der Waals surface area contributed by atoms with Crippen molar-refractivity contribution in [2.24, 2.45) is 0 Å². The SMILES string of the molecule is BOC(=O)CC(C)=O.[Cu]. The van der Waals surface area contributed by atoms with E-state index in [1.807, 2.05) is 0 Å². The number of carbonyl (C=O) groups is 2. The Bertz CT molecular complexity index is 114. The van der Waals surface area contributed by atoms with E-state index >= 15 is 0 Å². The fourth-order valence-electron chi connectivity index (χ4n) is 0.275. The van der Waals surface area contributed by atoms with E-state index in [1.165, 1.54) is 15.0 Å². The van der Waals surface area contributed by atoms with E-state index in [4.69, 9.17) is 0 Å². The minimum atomic E-state index is -0.475. The zero-order valence-corrected chi connectivity index (χ0v) is 6.18. The first-order valence-corrected chi connectivity index (χ1v) is 2.23. The molecule has 3 nitrogen and oxygen atoms in total. The Morgan fingerprint density at radius 1 is 1.56 bits per heavy atom. The second-order valence-corrected chi connectivity index (χ2v) is 1.45. The summed E-state index contributed by atoms with van der Waals surface area (Å²) >= 11 is 0. The summed E-state index contributed by atoms with van der Waals surface area (Å²) in [5, 5.41) is 0. The van der Waals surface area contributed by atoms with Gasteiger partial charge in [0, 0.05) is 17.1 Å². The third kappa shape index (κ3) is 7.72. The van der Waals surface area contributed by atoms with Crippen LogP contribution in [0.15, 0.2) is 0 Å². The molecular weight excluding hydrogens is 170 g/mol. The Kier molecular flexibility index (Phi) is 7.49. The Hall–Kier alpha value is -0.276. The van der Waals surface area contributed by atoms with E-state index in [0.29, 0.717) is 0 Å². The van der Waals surface area contributed by atoms with Crippen LogP contribution >= 0.6 is 0 Å². The van der Waals surface area contributed by atoms with Crippen LogP contribution in [0, 0.1) is 0 Å². The molecule has 0 aliphatic carbocycles. The summed E-state index contributed by atoms with van der Waals surface area (Å²) in [6, 6.07) is 0. The molecule has 0 atom stereocenters. The summed E-state index contributed by atoms with van der Waals surface area (Å²) in [6.07, 6.45) is -0.115. The Morgan fingerprint density at radius 3 is 2.11 bits per heavy atom. The van der Waals surface area contributed by atoms with Gasteiger partial charge in [-0.15, -0.1) is 0 Å². The molecule has 0 N–H and O–H groups in total. The molecule has 0 rings (SSSR count). The number of ketones is 1. The van der Waals surface area contributed by atoms with Crippen LogP contribution in [0.1, 0.15) is 13.3 Å². The number of carbonyl (C=O) groups excluding carboxylic acids is 2. The molecule has 0 aliphatic heterocycles. The normalized spacial score (nSPS) is 7.22. The van der Waals surface area contributed by atoms with Gasteiger partial charge in [-0.05, 0) is 6.92 Å². The largest absolute Gasteiger partial charge is 0.543 e. The van der Waals surface area contributed by atoms with Gasteiger partial charge < -0.3 is 4.65 Å². The summed E-state index contributed by atoms with van der Waals surface area (Å²) in [5.41, 5.74) is 0. The predicted molar refractivity (Wildman–Crippen MR) is 29.9 cm³/mol. The number of Topliss-reactive ketones (excluding diaryl/α,β-unsaturated/α-hetero) is 1. The van der Waals surface area contributed by atoms with Gasteiger partial charge in [0.2, 0.25) is 0 Å². The molecule has 0 aliphatic rings. The molecule has 0 aromatic carbocycles. The monoisotopic (exact) mass is 177 g/mol. The summed E-state index contributed by atoms with van der Waals surface area (Å²) in [5.74, 6) is -0.644. The zero-order valence-electron chi connectivity index (χ0n) is 5.23. The molecule has 1 radical (unpaired) electrons. The maximum absolute atomic E-state index is 10.2. The van der Waals surface area contributed by atoms with Crippen LogP contribution in [-0.4, -0.2) is 19.8 Å². The molecule has 0 aromatic heterocycles. The Labute approximate surface area is 65.1 Å². The number of hydrogen-bond donors (Lipinski definition) is 0. The fraction of sp³-hybridized carbons (Fsp3) is 0.500. The second-order valence-electron chi connectivity index (χ2n) is 1.45. The van der Waals surface area contributed by atoms with Crippen LogP contribution in [0.2, 0.25) is 0 Å². The van der Waals surface area contributed by atoms with Crippen molar-refractivity contribution in [2.75, 3.05) is 0 Å². The first-order chi connectivity index (χ1) is 3.66. The van der Waals surface area contributed by atoms with Crippen molar-refractivity contribution in [2.45, 2.75) is 13.3 Å². The summed E-state index contributed by atoms with van der Waals surface area (Å²) in [4.78, 5) is 20.3. The molecule has 0 amide bonds. The average Bonchev–Trinajstić information content (AvgIpc) is 1.65. The predicted octanol–water partition coefficient (Wildman–Crippen LogP) is -0.946. The van der Waals surface area contributed by atoms with E-state index in [0.717, 1.165) is 0 Å². The molecule has 0 saturated heterocycles. The molecular formula is C4H7BCuO3. The van der Waals surface area contributed by atoms with Crippen molar-refractivity contribution in [3.05, 3.63) is 0 Å². The molecule has 0 spiro atoms. The zero-order chi connectivity index (χ0) is 6.57. The van der Waals surface area contributed by atoms with Gasteiger partial charge in [-0.3, -0.25) is 9.59 Å². The minimum absolute atomic E-state index is 0. The first kappa shape index (κ1) is 11.5. The molecule has 9 heavy (non-hydrogen) atoms. The van der Waals surface area contributed by atoms with Gasteiger partial charge >= 0.3 is 8.05 Å². The molecule has 0 fully saturated rings. The van der Waals surface area contributed by atoms with Crippen LogP contribution in [0.4, 0.5) is 0 Å². The van der Waals surface area contributed by atoms with Crippen LogP contribution < -0.4 is 0 Å². The third-order valence-electron chi connectivity index (χ3n) is 0.621. The van der Waals surface area contributed by atoms with E-state index in [1.54, 1.807) is 0 Å². The van der Waals surface area contributed by atoms with E-state index in [9.17, 15) is 9.59 Å². The van der Waals surface area contributed by atoms with Crippen molar-refractivity contribution >= 4 is 19.8 Å². The topological polar surface area (TPSA) is 43.4 Å². The maximum atomic E-state index is 10.2. The molecule has 0 heterocycles. The van der Waals surface area contributed by atoms with Crippen molar-refractivity contribution in [1.29, 1.82) is 0 Å². The van der Waals surface area contributed by atoms with Gasteiger partial charge in [0.1, 0.15) is 12.2 Å². The fourth-order valence-corrected chi connectivity index (χ4v) is 0.275. The molecule has 0 bridgehead atoms. The van der Waals surface area contributed by atoms with Crippen LogP contribution in [0.3, 0.4) is 0 Å². The third-order valence-corrected chi connectivity index (χ3v) is 0.621. The van der Waals surface area contributed by atoms with E-state index in [-0.39, 0.29) is 29.3 Å². The van der Waals surface area contributed by atoms with Crippen LogP contribution in [0.25, 0.3) is 0 Å². The van der Waals surface area contributed by atoms with Crippen LogP contribution in [0.5, 0.6) is 0 Å². The van der Waals surface area contributed by atoms with Crippen molar-refractivity contribution < 1.29 is 31.3 Å². The second kappa shape index (κ2) is 5.85. The van der Waals surface area contributed by atoms with Crippen molar-refractivity contribution in [3.63, 3.8) is 0 Å². The molecule has 0 aromatic rings. The van der Waals surface area contributed by atoms with Gasteiger partial charge in [0.15, 0.2) is 0 Å². The minimum Gasteiger partial charge on any atom is -0.543 e. The Balaban J connectivity index is 0. The Morgan fingerprint density at radius 2 is 2.00 bits per heavy atom. The molecule has 55 valence electrons. The summed E-state index contributed by atoms with van der Waals surface area (Å²) < 4.78 is 4.20. The van der Waals surface area contributed by atoms with Crippen LogP contribution in [-0.2, 0) is 31.3 Å². The maximum Gasteiger partial charge on any atom is 0.325 e. The van der Waals surface area contributed by atoms with Gasteiger partial charge in [-0.25, -0.2) is 0 Å². The van der Waals surface area contributed by atoms with Gasteiger partial charge in [0.05, 0.1) is 0 Å². The van der Waals surface area contributed by atoms with E-state index < -0.39 is 5.97 Å². The standard InChI is InChI=1S/C4H7BO3.Cu/c1-3(6)2-4(7)8-5;/h2,5H2,1H3;. The molecule has 0 unspecified atom stereocenters.